The number of aromatic nitrogens is 2. The average molecular weight is 565 g/mol. The van der Waals surface area contributed by atoms with Gasteiger partial charge < -0.3 is 13.9 Å². The van der Waals surface area contributed by atoms with Crippen LogP contribution < -0.4 is 15.0 Å². The van der Waals surface area contributed by atoms with E-state index in [1.807, 2.05) is 30.3 Å². The van der Waals surface area contributed by atoms with Gasteiger partial charge >= 0.3 is 0 Å². The molecule has 0 saturated heterocycles. The molecule has 5 rings (SSSR count). The van der Waals surface area contributed by atoms with Crippen molar-refractivity contribution in [2.75, 3.05) is 13.7 Å². The van der Waals surface area contributed by atoms with Crippen LogP contribution in [0, 0.1) is 0 Å². The smallest absolute Gasteiger partial charge is 0.282 e. The van der Waals surface area contributed by atoms with E-state index in [1.165, 1.54) is 18.0 Å². The van der Waals surface area contributed by atoms with Crippen LogP contribution in [0.25, 0.3) is 33.5 Å². The zero-order valence-electron chi connectivity index (χ0n) is 19.1. The number of halogens is 2. The molecule has 3 aromatic carbocycles. The van der Waals surface area contributed by atoms with Gasteiger partial charge in [0.25, 0.3) is 5.56 Å². The van der Waals surface area contributed by atoms with Gasteiger partial charge in [0.05, 0.1) is 24.2 Å². The van der Waals surface area contributed by atoms with E-state index in [1.54, 1.807) is 36.4 Å². The van der Waals surface area contributed by atoms with Crippen LogP contribution in [-0.2, 0) is 0 Å². The quantitative estimate of drug-likeness (QED) is 0.163. The molecule has 5 aromatic rings. The first-order valence-electron chi connectivity index (χ1n) is 10.9. The van der Waals surface area contributed by atoms with Crippen LogP contribution in [0.15, 0.2) is 92.1 Å². The fraction of sp³-hybridized carbons (Fsp3) is 0.0741. The van der Waals surface area contributed by atoms with Gasteiger partial charge in [0.1, 0.15) is 12.2 Å². The van der Waals surface area contributed by atoms with Crippen molar-refractivity contribution in [2.24, 2.45) is 5.10 Å². The molecule has 0 aliphatic carbocycles. The lowest BCUT2D eigenvalue weighted by Gasteiger charge is -2.13. The third-order valence-electron chi connectivity index (χ3n) is 5.38. The summed E-state index contributed by atoms with van der Waals surface area (Å²) in [5.41, 5.74) is 1.35. The first kappa shape index (κ1) is 23.8. The Morgan fingerprint density at radius 1 is 1.19 bits per heavy atom. The maximum Gasteiger partial charge on any atom is 0.282 e. The normalized spacial score (nSPS) is 11.4. The van der Waals surface area contributed by atoms with Crippen molar-refractivity contribution >= 4 is 55.6 Å². The Balaban J connectivity index is 1.72. The zero-order chi connectivity index (χ0) is 25.2. The van der Waals surface area contributed by atoms with Crippen LogP contribution >= 0.6 is 27.5 Å². The maximum atomic E-state index is 13.5. The van der Waals surface area contributed by atoms with Gasteiger partial charge in [-0.15, -0.1) is 0 Å². The van der Waals surface area contributed by atoms with Gasteiger partial charge in [0, 0.05) is 26.5 Å². The molecule has 0 aliphatic heterocycles. The third-order valence-corrected chi connectivity index (χ3v) is 6.09. The maximum absolute atomic E-state index is 13.5. The van der Waals surface area contributed by atoms with Crippen molar-refractivity contribution in [1.29, 1.82) is 0 Å². The van der Waals surface area contributed by atoms with Crippen molar-refractivity contribution in [3.63, 3.8) is 0 Å². The van der Waals surface area contributed by atoms with Gasteiger partial charge in [-0.25, -0.2) is 4.98 Å². The van der Waals surface area contributed by atoms with E-state index in [9.17, 15) is 4.79 Å². The van der Waals surface area contributed by atoms with Crippen LogP contribution in [0.2, 0.25) is 5.02 Å². The third kappa shape index (κ3) is 4.53. The van der Waals surface area contributed by atoms with Crippen LogP contribution in [-0.4, -0.2) is 29.6 Å². The van der Waals surface area contributed by atoms with Gasteiger partial charge in [0.15, 0.2) is 17.3 Å². The minimum absolute atomic E-state index is 0.246. The largest absolute Gasteiger partial charge is 0.493 e. The summed E-state index contributed by atoms with van der Waals surface area (Å²) in [5, 5.41) is 6.20. The molecule has 0 aliphatic rings. The number of methoxy groups -OCH3 is 1. The highest BCUT2D eigenvalue weighted by Gasteiger charge is 2.17. The van der Waals surface area contributed by atoms with Gasteiger partial charge in [-0.1, -0.05) is 52.3 Å². The van der Waals surface area contributed by atoms with Crippen molar-refractivity contribution in [2.45, 2.75) is 0 Å². The molecule has 0 N–H and O–H groups in total. The Hall–Kier alpha value is -3.88. The molecule has 0 fully saturated rings. The molecule has 7 nitrogen and oxygen atoms in total. The lowest BCUT2D eigenvalue weighted by molar-refractivity contribution is 0.326. The number of hydrogen-bond acceptors (Lipinski definition) is 6. The Labute approximate surface area is 219 Å². The second-order valence-electron chi connectivity index (χ2n) is 7.73. The highest BCUT2D eigenvalue weighted by Crippen LogP contribution is 2.34. The molecular weight excluding hydrogens is 546 g/mol. The van der Waals surface area contributed by atoms with E-state index in [4.69, 9.17) is 30.5 Å². The minimum Gasteiger partial charge on any atom is -0.493 e. The average Bonchev–Trinajstić information content (AvgIpc) is 3.30. The number of furan rings is 1. The number of nitrogens with zero attached hydrogens (tertiary/aromatic N) is 3. The summed E-state index contributed by atoms with van der Waals surface area (Å²) in [6.07, 6.45) is 3.10. The number of benzene rings is 3. The fourth-order valence-corrected chi connectivity index (χ4v) is 4.36. The standard InChI is InChI=1S/C27H19BrClN3O4/c1-3-10-35-25-17(12-19(29)14-23(25)34-2)15-30-32-26(31-21-7-5-4-6-20(21)27(32)33)24-13-16-11-18(28)8-9-22(16)36-24/h3-9,11-15H,1,10H2,2H3. The van der Waals surface area contributed by atoms with Gasteiger partial charge in [-0.2, -0.15) is 9.78 Å². The topological polar surface area (TPSA) is 78.9 Å². The molecule has 0 radical (unpaired) electrons. The van der Waals surface area contributed by atoms with Crippen molar-refractivity contribution in [3.8, 4) is 23.1 Å². The number of hydrogen-bond donors (Lipinski definition) is 0. The highest BCUT2D eigenvalue weighted by molar-refractivity contribution is 9.10. The summed E-state index contributed by atoms with van der Waals surface area (Å²) in [6, 6.07) is 17.9. The molecule has 180 valence electrons. The summed E-state index contributed by atoms with van der Waals surface area (Å²) in [6.45, 7) is 3.93. The van der Waals surface area contributed by atoms with E-state index >= 15 is 0 Å². The predicted molar refractivity (Wildman–Crippen MR) is 146 cm³/mol. The van der Waals surface area contributed by atoms with E-state index in [-0.39, 0.29) is 18.0 Å². The number of fused-ring (bicyclic) bond motifs is 2. The van der Waals surface area contributed by atoms with Crippen LogP contribution in [0.5, 0.6) is 11.5 Å². The summed E-state index contributed by atoms with van der Waals surface area (Å²) < 4.78 is 19.4. The second kappa shape index (κ2) is 10.0. The van der Waals surface area contributed by atoms with Crippen molar-refractivity contribution in [3.05, 3.63) is 98.7 Å². The SMILES string of the molecule is C=CCOc1c(C=Nn2c(-c3cc4cc(Br)ccc4o3)nc3ccccc3c2=O)cc(Cl)cc1OC. The Morgan fingerprint density at radius 3 is 2.83 bits per heavy atom. The molecule has 0 unspecified atom stereocenters. The summed E-state index contributed by atoms with van der Waals surface area (Å²) >= 11 is 9.77. The fourth-order valence-electron chi connectivity index (χ4n) is 3.77. The first-order valence-corrected chi connectivity index (χ1v) is 12.0. The lowest BCUT2D eigenvalue weighted by atomic mass is 10.2. The molecule has 0 amide bonds. The summed E-state index contributed by atoms with van der Waals surface area (Å²) in [5.74, 6) is 1.50. The number of ether oxygens (including phenoxy) is 2. The lowest BCUT2D eigenvalue weighted by Crippen LogP contribution is -2.20. The minimum atomic E-state index is -0.351. The first-order chi connectivity index (χ1) is 17.5. The Kier molecular flexibility index (Phi) is 6.63. The van der Waals surface area contributed by atoms with Crippen LogP contribution in [0.1, 0.15) is 5.56 Å². The number of rotatable bonds is 7. The second-order valence-corrected chi connectivity index (χ2v) is 9.09. The Morgan fingerprint density at radius 2 is 2.03 bits per heavy atom. The van der Waals surface area contributed by atoms with E-state index in [0.29, 0.717) is 44.3 Å². The molecule has 0 spiro atoms. The molecule has 0 atom stereocenters. The van der Waals surface area contributed by atoms with Gasteiger partial charge in [-0.05, 0) is 42.5 Å². The molecule has 2 heterocycles. The van der Waals surface area contributed by atoms with Crippen molar-refractivity contribution in [1.82, 2.24) is 9.66 Å². The van der Waals surface area contributed by atoms with Crippen LogP contribution in [0.4, 0.5) is 0 Å². The number of para-hydroxylation sites is 1. The van der Waals surface area contributed by atoms with Crippen molar-refractivity contribution < 1.29 is 13.9 Å². The Bertz CT molecular complexity index is 1710. The van der Waals surface area contributed by atoms with E-state index in [0.717, 1.165) is 9.86 Å². The highest BCUT2D eigenvalue weighted by atomic mass is 79.9. The summed E-state index contributed by atoms with van der Waals surface area (Å²) in [4.78, 5) is 18.2. The molecule has 0 saturated carbocycles. The van der Waals surface area contributed by atoms with E-state index in [2.05, 4.69) is 27.6 Å². The molecule has 0 bridgehead atoms. The monoisotopic (exact) mass is 563 g/mol. The summed E-state index contributed by atoms with van der Waals surface area (Å²) in [7, 11) is 1.52. The van der Waals surface area contributed by atoms with Gasteiger partial charge in [0.2, 0.25) is 5.82 Å². The van der Waals surface area contributed by atoms with Crippen LogP contribution in [0.3, 0.4) is 0 Å². The molecule has 9 heteroatoms. The molecule has 2 aromatic heterocycles. The molecular formula is C27H19BrClN3O4. The molecule has 36 heavy (non-hydrogen) atoms. The van der Waals surface area contributed by atoms with E-state index < -0.39 is 0 Å². The zero-order valence-corrected chi connectivity index (χ0v) is 21.4. The predicted octanol–water partition coefficient (Wildman–Crippen LogP) is 6.68. The van der Waals surface area contributed by atoms with Gasteiger partial charge in [-0.3, -0.25) is 4.79 Å².